The summed E-state index contributed by atoms with van der Waals surface area (Å²) >= 11 is 6.47. The number of rotatable bonds is 15. The minimum absolute atomic E-state index is 0.0110. The zero-order chi connectivity index (χ0) is 44.2. The predicted molar refractivity (Wildman–Crippen MR) is 224 cm³/mol. The van der Waals surface area contributed by atoms with Crippen molar-refractivity contribution in [3.63, 3.8) is 0 Å². The van der Waals surface area contributed by atoms with Gasteiger partial charge in [-0.05, 0) is 80.6 Å². The molecule has 0 fully saturated rings. The summed E-state index contributed by atoms with van der Waals surface area (Å²) in [4.78, 5) is 32.8. The first-order valence-electron chi connectivity index (χ1n) is 18.0. The lowest BCUT2D eigenvalue weighted by molar-refractivity contribution is -0.386. The van der Waals surface area contributed by atoms with Crippen molar-refractivity contribution in [3.8, 4) is 11.5 Å². The second-order valence-corrected chi connectivity index (χ2v) is 14.6. The minimum Gasteiger partial charge on any atom is -0.491 e. The molecule has 0 bridgehead atoms. The normalized spacial score (nSPS) is 11.3. The molecule has 0 spiro atoms. The van der Waals surface area contributed by atoms with E-state index in [2.05, 4.69) is 42.4 Å². The monoisotopic (exact) mass is 957 g/mol. The number of nitroso groups, excluding NO2 is 1. The average Bonchev–Trinajstić information content (AvgIpc) is 3.14. The molecule has 0 unspecified atom stereocenters. The van der Waals surface area contributed by atoms with Crippen molar-refractivity contribution in [2.75, 3.05) is 18.5 Å². The lowest BCUT2D eigenvalue weighted by Gasteiger charge is -2.17. The van der Waals surface area contributed by atoms with E-state index in [4.69, 9.17) is 9.47 Å². The van der Waals surface area contributed by atoms with Crippen molar-refractivity contribution in [2.24, 2.45) is 5.18 Å². The molecule has 4 aromatic rings. The number of ether oxygens (including phenoxy) is 2. The fourth-order valence-electron chi connectivity index (χ4n) is 4.89. The molecule has 1 N–H and O–H groups in total. The number of carbonyl (C=O) groups excluding carboxylic acids is 1. The van der Waals surface area contributed by atoms with Gasteiger partial charge in [-0.1, -0.05) is 105 Å². The number of nitro benzene ring substituents is 1. The number of amides is 1. The standard InChI is InChI=1S/C22H23BrF3NO2.C13H13BrF3NO3.C7H7NO/c1-3-11-29-21-17(5-4-10-22(24,25)26)13-18(23)14-19(21)27-20(28)12-16-8-6-15(2)7-9-16;1-2-6-21-12-9(4-3-5-13(15,16)17)7-10(14)8-11(12)18(19)20;1-6-2-4-7(8-9)5-3-6/h4,6-10,13-14H,3,5,11-12H2,1-2H3,(H,27,28);3,5,7-8H,2,4,6H2,1H3;2-5H,1H3/b10-4+;5-3+;. The summed E-state index contributed by atoms with van der Waals surface area (Å²) < 4.78 is 85.8. The van der Waals surface area contributed by atoms with Crippen LogP contribution in [0.25, 0.3) is 0 Å². The maximum absolute atomic E-state index is 12.5. The number of nitrogens with zero attached hydrogens (tertiary/aromatic N) is 2. The van der Waals surface area contributed by atoms with E-state index in [1.807, 2.05) is 64.1 Å². The molecule has 1 amide bonds. The highest BCUT2D eigenvalue weighted by molar-refractivity contribution is 9.10. The highest BCUT2D eigenvalue weighted by Crippen LogP contribution is 2.36. The Morgan fingerprint density at radius 1 is 0.763 bits per heavy atom. The number of aryl methyl sites for hydroxylation is 2. The Labute approximate surface area is 355 Å². The maximum Gasteiger partial charge on any atom is 0.409 e. The smallest absolute Gasteiger partial charge is 0.409 e. The van der Waals surface area contributed by atoms with Crippen molar-refractivity contribution >= 4 is 54.8 Å². The van der Waals surface area contributed by atoms with E-state index in [9.17, 15) is 46.2 Å². The Bertz CT molecular complexity index is 2040. The van der Waals surface area contributed by atoms with Gasteiger partial charge < -0.3 is 14.8 Å². The van der Waals surface area contributed by atoms with E-state index in [0.717, 1.165) is 35.3 Å². The molecule has 4 rings (SSSR count). The van der Waals surface area contributed by atoms with Crippen molar-refractivity contribution in [1.82, 2.24) is 0 Å². The lowest BCUT2D eigenvalue weighted by Crippen LogP contribution is -2.16. The highest BCUT2D eigenvalue weighted by Gasteiger charge is 2.24. The fourth-order valence-corrected chi connectivity index (χ4v) is 5.89. The largest absolute Gasteiger partial charge is 0.491 e. The van der Waals surface area contributed by atoms with E-state index in [-0.39, 0.29) is 55.4 Å². The van der Waals surface area contributed by atoms with Crippen LogP contribution >= 0.6 is 31.9 Å². The van der Waals surface area contributed by atoms with Gasteiger partial charge in [0, 0.05) is 38.3 Å². The Kier molecular flexibility index (Phi) is 21.1. The van der Waals surface area contributed by atoms with Gasteiger partial charge in [0.1, 0.15) is 11.4 Å². The molecule has 59 heavy (non-hydrogen) atoms. The van der Waals surface area contributed by atoms with Crippen LogP contribution < -0.4 is 14.8 Å². The number of nitrogens with one attached hydrogen (secondary N) is 1. The third kappa shape index (κ3) is 20.0. The van der Waals surface area contributed by atoms with Crippen molar-refractivity contribution in [2.45, 2.75) is 72.2 Å². The molecule has 0 saturated carbocycles. The molecule has 0 saturated heterocycles. The first-order valence-corrected chi connectivity index (χ1v) is 19.6. The van der Waals surface area contributed by atoms with E-state index >= 15 is 0 Å². The molecule has 9 nitrogen and oxygen atoms in total. The first-order chi connectivity index (χ1) is 27.7. The summed E-state index contributed by atoms with van der Waals surface area (Å²) in [5.74, 6) is 0.168. The molecular formula is C42H43Br2F6N3O6. The third-order valence-corrected chi connectivity index (χ3v) is 8.44. The van der Waals surface area contributed by atoms with Crippen LogP contribution in [0.3, 0.4) is 0 Å². The van der Waals surface area contributed by atoms with Gasteiger partial charge in [0.15, 0.2) is 0 Å². The van der Waals surface area contributed by atoms with Gasteiger partial charge in [-0.25, -0.2) is 0 Å². The van der Waals surface area contributed by atoms with E-state index in [1.54, 1.807) is 24.3 Å². The average molecular weight is 960 g/mol. The van der Waals surface area contributed by atoms with Crippen LogP contribution in [0, 0.1) is 28.9 Å². The van der Waals surface area contributed by atoms with Crippen LogP contribution in [0.5, 0.6) is 11.5 Å². The summed E-state index contributed by atoms with van der Waals surface area (Å²) in [6.07, 6.45) is -5.08. The molecule has 17 heteroatoms. The predicted octanol–water partition coefficient (Wildman–Crippen LogP) is 13.6. The Balaban J connectivity index is 0.000000347. The Morgan fingerprint density at radius 2 is 1.22 bits per heavy atom. The van der Waals surface area contributed by atoms with Gasteiger partial charge in [-0.3, -0.25) is 14.9 Å². The number of nitro groups is 1. The molecule has 0 aliphatic heterocycles. The molecule has 0 aromatic heterocycles. The molecule has 318 valence electrons. The zero-order valence-corrected chi connectivity index (χ0v) is 35.7. The second-order valence-electron chi connectivity index (χ2n) is 12.7. The SMILES string of the molecule is CCCOc1c(C/C=C/C(F)(F)F)cc(Br)cc1NC(=O)Cc1ccc(C)cc1.CCCOc1c(C/C=C/C(F)(F)F)cc(Br)cc1[N+](=O)[O-].Cc1ccc(N=O)cc1. The second kappa shape index (κ2) is 24.8. The number of halogens is 8. The van der Waals surface area contributed by atoms with Gasteiger partial charge in [0.2, 0.25) is 11.7 Å². The van der Waals surface area contributed by atoms with Crippen LogP contribution in [0.2, 0.25) is 0 Å². The summed E-state index contributed by atoms with van der Waals surface area (Å²) in [6, 6.07) is 20.9. The lowest BCUT2D eigenvalue weighted by atomic mass is 10.1. The third-order valence-electron chi connectivity index (χ3n) is 7.53. The van der Waals surface area contributed by atoms with Gasteiger partial charge in [-0.15, -0.1) is 4.91 Å². The number of hydrogen-bond donors (Lipinski definition) is 1. The number of benzene rings is 4. The minimum atomic E-state index is -4.41. The van der Waals surface area contributed by atoms with Gasteiger partial charge in [-0.2, -0.15) is 26.3 Å². The molecule has 0 aliphatic rings. The van der Waals surface area contributed by atoms with Gasteiger partial charge >= 0.3 is 18.0 Å². The Hall–Kier alpha value is -5.03. The summed E-state index contributed by atoms with van der Waals surface area (Å²) in [5, 5.41) is 16.6. The number of hydrogen-bond acceptors (Lipinski definition) is 7. The molecule has 0 atom stereocenters. The highest BCUT2D eigenvalue weighted by atomic mass is 79.9. The van der Waals surface area contributed by atoms with Crippen LogP contribution in [-0.2, 0) is 24.1 Å². The topological polar surface area (TPSA) is 120 Å². The number of alkyl halides is 6. The fraction of sp³-hybridized carbons (Fsp3) is 0.310. The zero-order valence-electron chi connectivity index (χ0n) is 32.6. The summed E-state index contributed by atoms with van der Waals surface area (Å²) in [6.45, 7) is 8.33. The summed E-state index contributed by atoms with van der Waals surface area (Å²) in [5.41, 5.74) is 4.64. The molecule has 4 aromatic carbocycles. The van der Waals surface area contributed by atoms with Gasteiger partial charge in [0.05, 0.1) is 30.2 Å². The number of allylic oxidation sites excluding steroid dienone is 4. The van der Waals surface area contributed by atoms with Crippen LogP contribution in [-0.4, -0.2) is 36.4 Å². The van der Waals surface area contributed by atoms with Crippen molar-refractivity contribution < 1.29 is 45.5 Å². The van der Waals surface area contributed by atoms with E-state index in [0.29, 0.717) is 50.2 Å². The summed E-state index contributed by atoms with van der Waals surface area (Å²) in [7, 11) is 0. The molecule has 0 aliphatic carbocycles. The maximum atomic E-state index is 12.5. The van der Waals surface area contributed by atoms with Crippen molar-refractivity contribution in [1.29, 1.82) is 0 Å². The van der Waals surface area contributed by atoms with Crippen LogP contribution in [0.1, 0.15) is 54.5 Å². The van der Waals surface area contributed by atoms with E-state index in [1.165, 1.54) is 12.1 Å². The molecule has 0 heterocycles. The Morgan fingerprint density at radius 3 is 1.68 bits per heavy atom. The number of anilines is 1. The van der Waals surface area contributed by atoms with Crippen LogP contribution in [0.15, 0.2) is 111 Å². The van der Waals surface area contributed by atoms with E-state index < -0.39 is 17.3 Å². The molecular weight excluding hydrogens is 916 g/mol. The van der Waals surface area contributed by atoms with Gasteiger partial charge in [0.25, 0.3) is 0 Å². The van der Waals surface area contributed by atoms with Crippen LogP contribution in [0.4, 0.5) is 43.4 Å². The quantitative estimate of drug-likeness (QED) is 0.0417. The first kappa shape index (κ1) is 50.1. The number of carbonyl (C=O) groups is 1. The molecule has 0 radical (unpaired) electrons. The van der Waals surface area contributed by atoms with Crippen molar-refractivity contribution in [3.05, 3.63) is 149 Å².